The molecule has 0 aromatic heterocycles. The molecule has 0 amide bonds. The molecular formula is C16H16N2O5. The molecule has 0 saturated heterocycles. The number of para-hydroxylation sites is 1. The second kappa shape index (κ2) is 6.80. The number of carboxylic acid groups (broad SMARTS) is 1. The molecular weight excluding hydrogens is 300 g/mol. The number of aromatic hydroxyl groups is 1. The van der Waals surface area contributed by atoms with E-state index in [1.54, 1.807) is 18.2 Å². The molecule has 7 heteroatoms. The van der Waals surface area contributed by atoms with Gasteiger partial charge in [0.25, 0.3) is 0 Å². The van der Waals surface area contributed by atoms with Gasteiger partial charge in [-0.3, -0.25) is 0 Å². The third-order valence-electron chi connectivity index (χ3n) is 3.18. The zero-order valence-corrected chi connectivity index (χ0v) is 12.1. The average Bonchev–Trinajstić information content (AvgIpc) is 2.49. The second-order valence-corrected chi connectivity index (χ2v) is 4.92. The maximum Gasteiger partial charge on any atom is 0.339 e. The number of hydrogen-bond donors (Lipinski definition) is 4. The van der Waals surface area contributed by atoms with E-state index < -0.39 is 18.0 Å². The van der Waals surface area contributed by atoms with Crippen molar-refractivity contribution in [2.24, 2.45) is 5.73 Å². The van der Waals surface area contributed by atoms with Crippen LogP contribution in [0.4, 0.5) is 5.69 Å². The van der Waals surface area contributed by atoms with Gasteiger partial charge in [-0.25, -0.2) is 9.59 Å². The van der Waals surface area contributed by atoms with E-state index in [-0.39, 0.29) is 29.2 Å². The maximum absolute atomic E-state index is 12.1. The summed E-state index contributed by atoms with van der Waals surface area (Å²) in [5.74, 6) is -2.22. The summed E-state index contributed by atoms with van der Waals surface area (Å²) in [5.41, 5.74) is 11.9. The van der Waals surface area contributed by atoms with Crippen molar-refractivity contribution in [3.8, 4) is 11.5 Å². The largest absolute Gasteiger partial charge is 0.508 e. The monoisotopic (exact) mass is 316 g/mol. The molecule has 6 N–H and O–H groups in total. The molecule has 0 aliphatic carbocycles. The average molecular weight is 316 g/mol. The number of nitrogens with two attached hydrogens (primary N) is 2. The molecule has 120 valence electrons. The quantitative estimate of drug-likeness (QED) is 0.369. The van der Waals surface area contributed by atoms with Gasteiger partial charge in [0.15, 0.2) is 0 Å². The first-order valence-electron chi connectivity index (χ1n) is 6.75. The molecule has 0 heterocycles. The highest BCUT2D eigenvalue weighted by molar-refractivity contribution is 5.93. The van der Waals surface area contributed by atoms with Crippen LogP contribution < -0.4 is 16.2 Å². The van der Waals surface area contributed by atoms with E-state index in [4.69, 9.17) is 21.3 Å². The molecule has 0 aliphatic heterocycles. The molecule has 0 aliphatic rings. The topological polar surface area (TPSA) is 136 Å². The Bertz CT molecular complexity index is 745. The zero-order chi connectivity index (χ0) is 17.0. The summed E-state index contributed by atoms with van der Waals surface area (Å²) >= 11 is 0. The maximum atomic E-state index is 12.1. The number of phenols is 1. The van der Waals surface area contributed by atoms with Gasteiger partial charge in [0.05, 0.1) is 0 Å². The lowest BCUT2D eigenvalue weighted by Crippen LogP contribution is -2.36. The Kier molecular flexibility index (Phi) is 4.82. The van der Waals surface area contributed by atoms with Crippen LogP contribution in [-0.4, -0.2) is 28.2 Å². The Hall–Kier alpha value is -3.06. The highest BCUT2D eigenvalue weighted by Gasteiger charge is 2.21. The van der Waals surface area contributed by atoms with Crippen LogP contribution in [0.15, 0.2) is 42.5 Å². The number of ether oxygens (including phenoxy) is 1. The number of esters is 1. The van der Waals surface area contributed by atoms with Crippen molar-refractivity contribution in [1.29, 1.82) is 0 Å². The summed E-state index contributed by atoms with van der Waals surface area (Å²) in [4.78, 5) is 23.2. The Balaban J connectivity index is 2.14. The van der Waals surface area contributed by atoms with Crippen LogP contribution in [-0.2, 0) is 11.2 Å². The summed E-state index contributed by atoms with van der Waals surface area (Å²) in [5, 5.41) is 18.8. The third kappa shape index (κ3) is 3.98. The smallest absolute Gasteiger partial charge is 0.339 e. The predicted octanol–water partition coefficient (Wildman–Crippen LogP) is 1.15. The van der Waals surface area contributed by atoms with Gasteiger partial charge in [-0.05, 0) is 23.8 Å². The van der Waals surface area contributed by atoms with Crippen molar-refractivity contribution in [2.45, 2.75) is 12.5 Å². The van der Waals surface area contributed by atoms with E-state index >= 15 is 0 Å². The van der Waals surface area contributed by atoms with Crippen molar-refractivity contribution in [1.82, 2.24) is 0 Å². The number of hydrogen-bond acceptors (Lipinski definition) is 6. The van der Waals surface area contributed by atoms with E-state index in [2.05, 4.69) is 0 Å². The lowest BCUT2D eigenvalue weighted by molar-refractivity contribution is -0.135. The van der Waals surface area contributed by atoms with Gasteiger partial charge in [0, 0.05) is 18.2 Å². The molecule has 2 aromatic rings. The van der Waals surface area contributed by atoms with Crippen LogP contribution in [0.25, 0.3) is 0 Å². The molecule has 0 bridgehead atoms. The number of nitrogen functional groups attached to an aromatic ring is 1. The highest BCUT2D eigenvalue weighted by atomic mass is 16.5. The number of rotatable bonds is 5. The van der Waals surface area contributed by atoms with Crippen molar-refractivity contribution in [2.75, 3.05) is 5.73 Å². The van der Waals surface area contributed by atoms with Gasteiger partial charge in [-0.1, -0.05) is 18.2 Å². The van der Waals surface area contributed by atoms with Gasteiger partial charge in [0.2, 0.25) is 0 Å². The van der Waals surface area contributed by atoms with Crippen molar-refractivity contribution >= 4 is 17.6 Å². The molecule has 2 rings (SSSR count). The fourth-order valence-corrected chi connectivity index (χ4v) is 1.99. The summed E-state index contributed by atoms with van der Waals surface area (Å²) in [6.07, 6.45) is 0.0518. The predicted molar refractivity (Wildman–Crippen MR) is 83.2 cm³/mol. The zero-order valence-electron chi connectivity index (χ0n) is 12.1. The van der Waals surface area contributed by atoms with Crippen molar-refractivity contribution in [3.63, 3.8) is 0 Å². The molecule has 2 aromatic carbocycles. The van der Waals surface area contributed by atoms with Gasteiger partial charge in [-0.2, -0.15) is 0 Å². The molecule has 1 unspecified atom stereocenters. The molecule has 0 spiro atoms. The molecule has 0 fully saturated rings. The lowest BCUT2D eigenvalue weighted by Gasteiger charge is -2.13. The van der Waals surface area contributed by atoms with Gasteiger partial charge >= 0.3 is 11.9 Å². The van der Waals surface area contributed by atoms with E-state index in [0.717, 1.165) is 0 Å². The Morgan fingerprint density at radius 3 is 2.52 bits per heavy atom. The number of phenolic OH excluding ortho intramolecular Hbond substituents is 1. The van der Waals surface area contributed by atoms with Crippen LogP contribution in [0.2, 0.25) is 0 Å². The van der Waals surface area contributed by atoms with E-state index in [9.17, 15) is 14.7 Å². The first-order valence-corrected chi connectivity index (χ1v) is 6.75. The number of carbonyl (C=O) groups is 2. The van der Waals surface area contributed by atoms with Crippen LogP contribution >= 0.6 is 0 Å². The van der Waals surface area contributed by atoms with E-state index in [1.165, 1.54) is 24.3 Å². The van der Waals surface area contributed by atoms with E-state index in [1.807, 2.05) is 0 Å². The number of carbonyl (C=O) groups excluding carboxylic acids is 1. The van der Waals surface area contributed by atoms with Gasteiger partial charge in [0.1, 0.15) is 23.1 Å². The standard InChI is InChI=1S/C16H16N2O5/c17-10-5-6-11(15(20)21)14(8-10)23-16(22)12(18)7-9-3-1-2-4-13(9)19/h1-6,8,12,19H,7,17-18H2,(H,20,21). The SMILES string of the molecule is Nc1ccc(C(=O)O)c(OC(=O)C(N)Cc2ccccc2O)c1. The summed E-state index contributed by atoms with van der Waals surface area (Å²) in [7, 11) is 0. The third-order valence-corrected chi connectivity index (χ3v) is 3.18. The molecule has 7 nitrogen and oxygen atoms in total. The number of anilines is 1. The summed E-state index contributed by atoms with van der Waals surface area (Å²) in [6, 6.07) is 9.28. The minimum absolute atomic E-state index is 0.0194. The molecule has 0 radical (unpaired) electrons. The normalized spacial score (nSPS) is 11.7. The minimum atomic E-state index is -1.25. The van der Waals surface area contributed by atoms with Gasteiger partial charge < -0.3 is 26.4 Å². The fourth-order valence-electron chi connectivity index (χ4n) is 1.99. The Morgan fingerprint density at radius 2 is 1.87 bits per heavy atom. The second-order valence-electron chi connectivity index (χ2n) is 4.92. The Labute approximate surface area is 132 Å². The molecule has 23 heavy (non-hydrogen) atoms. The number of carboxylic acids is 1. The van der Waals surface area contributed by atoms with Crippen molar-refractivity contribution < 1.29 is 24.5 Å². The Morgan fingerprint density at radius 1 is 1.17 bits per heavy atom. The molecule has 1 atom stereocenters. The molecule has 0 saturated carbocycles. The minimum Gasteiger partial charge on any atom is -0.508 e. The van der Waals surface area contributed by atoms with Crippen LogP contribution in [0.5, 0.6) is 11.5 Å². The first-order chi connectivity index (χ1) is 10.9. The van der Waals surface area contributed by atoms with Crippen LogP contribution in [0.3, 0.4) is 0 Å². The lowest BCUT2D eigenvalue weighted by atomic mass is 10.1. The first kappa shape index (κ1) is 16.3. The fraction of sp³-hybridized carbons (Fsp3) is 0.125. The van der Waals surface area contributed by atoms with Crippen molar-refractivity contribution in [3.05, 3.63) is 53.6 Å². The number of aromatic carboxylic acids is 1. The van der Waals surface area contributed by atoms with Gasteiger partial charge in [-0.15, -0.1) is 0 Å². The number of benzene rings is 2. The van der Waals surface area contributed by atoms with Crippen LogP contribution in [0, 0.1) is 0 Å². The van der Waals surface area contributed by atoms with E-state index in [0.29, 0.717) is 5.56 Å². The van der Waals surface area contributed by atoms with Crippen LogP contribution in [0.1, 0.15) is 15.9 Å². The summed E-state index contributed by atoms with van der Waals surface area (Å²) in [6.45, 7) is 0. The highest BCUT2D eigenvalue weighted by Crippen LogP contribution is 2.23. The summed E-state index contributed by atoms with van der Waals surface area (Å²) < 4.78 is 5.06.